The van der Waals surface area contributed by atoms with Gasteiger partial charge in [-0.15, -0.1) is 0 Å². The Labute approximate surface area is 130 Å². The van der Waals surface area contributed by atoms with Gasteiger partial charge in [-0.2, -0.15) is 0 Å². The summed E-state index contributed by atoms with van der Waals surface area (Å²) < 4.78 is 40.1. The van der Waals surface area contributed by atoms with Crippen LogP contribution in [0.3, 0.4) is 0 Å². The number of anilines is 2. The molecule has 21 heavy (non-hydrogen) atoms. The first-order chi connectivity index (χ1) is 9.85. The SMILES string of the molecule is NNc1ncc(S(=O)(=O)Nc2cccc(Cl)c2F)cc1Cl. The van der Waals surface area contributed by atoms with Crippen molar-refractivity contribution in [3.05, 3.63) is 46.3 Å². The third-order valence-electron chi connectivity index (χ3n) is 2.46. The van der Waals surface area contributed by atoms with Crippen LogP contribution in [0.5, 0.6) is 0 Å². The van der Waals surface area contributed by atoms with Crippen molar-refractivity contribution in [2.45, 2.75) is 4.90 Å². The molecule has 2 aromatic rings. The van der Waals surface area contributed by atoms with Crippen LogP contribution in [-0.4, -0.2) is 13.4 Å². The average Bonchev–Trinajstić information content (AvgIpc) is 2.43. The van der Waals surface area contributed by atoms with Gasteiger partial charge in [-0.25, -0.2) is 23.6 Å². The number of nitrogens with one attached hydrogen (secondary N) is 2. The lowest BCUT2D eigenvalue weighted by Crippen LogP contribution is -2.15. The molecule has 112 valence electrons. The van der Waals surface area contributed by atoms with Gasteiger partial charge in [0.1, 0.15) is 4.90 Å². The first-order valence-electron chi connectivity index (χ1n) is 5.44. The number of hydrogen-bond acceptors (Lipinski definition) is 5. The monoisotopic (exact) mass is 350 g/mol. The molecule has 1 aromatic carbocycles. The summed E-state index contributed by atoms with van der Waals surface area (Å²) in [4.78, 5) is 3.49. The Hall–Kier alpha value is -1.61. The number of sulfonamides is 1. The zero-order valence-corrected chi connectivity index (χ0v) is 12.6. The van der Waals surface area contributed by atoms with E-state index in [1.54, 1.807) is 0 Å². The normalized spacial score (nSPS) is 11.2. The number of nitrogen functional groups attached to an aromatic ring is 1. The van der Waals surface area contributed by atoms with E-state index in [9.17, 15) is 12.8 Å². The van der Waals surface area contributed by atoms with Gasteiger partial charge >= 0.3 is 0 Å². The van der Waals surface area contributed by atoms with Crippen molar-refractivity contribution in [1.29, 1.82) is 0 Å². The fraction of sp³-hybridized carbons (Fsp3) is 0. The van der Waals surface area contributed by atoms with Crippen LogP contribution in [0.1, 0.15) is 0 Å². The Bertz CT molecular complexity index is 786. The second-order valence-corrected chi connectivity index (χ2v) is 6.35. The van der Waals surface area contributed by atoms with E-state index < -0.39 is 15.8 Å². The second-order valence-electron chi connectivity index (χ2n) is 3.85. The smallest absolute Gasteiger partial charge is 0.263 e. The molecule has 0 aliphatic rings. The summed E-state index contributed by atoms with van der Waals surface area (Å²) in [5.41, 5.74) is 1.93. The molecule has 0 saturated heterocycles. The molecule has 0 amide bonds. The van der Waals surface area contributed by atoms with Gasteiger partial charge in [0.05, 0.1) is 15.7 Å². The second kappa shape index (κ2) is 6.02. The molecule has 10 heteroatoms. The highest BCUT2D eigenvalue weighted by Crippen LogP contribution is 2.26. The third-order valence-corrected chi connectivity index (χ3v) is 4.37. The largest absolute Gasteiger partial charge is 0.307 e. The summed E-state index contributed by atoms with van der Waals surface area (Å²) in [7, 11) is -4.06. The Morgan fingerprint density at radius 1 is 1.24 bits per heavy atom. The molecule has 1 aromatic heterocycles. The maximum atomic E-state index is 13.7. The maximum absolute atomic E-state index is 13.7. The number of halogens is 3. The highest BCUT2D eigenvalue weighted by molar-refractivity contribution is 7.92. The zero-order chi connectivity index (χ0) is 15.6. The van der Waals surface area contributed by atoms with E-state index in [-0.39, 0.29) is 26.4 Å². The van der Waals surface area contributed by atoms with Gasteiger partial charge in [0.15, 0.2) is 11.6 Å². The molecule has 0 bridgehead atoms. The Kier molecular flexibility index (Phi) is 4.52. The topological polar surface area (TPSA) is 97.1 Å². The van der Waals surface area contributed by atoms with Crippen LogP contribution in [-0.2, 0) is 10.0 Å². The molecule has 0 saturated carbocycles. The van der Waals surface area contributed by atoms with Crippen LogP contribution in [0.2, 0.25) is 10.0 Å². The number of hydrazine groups is 1. The van der Waals surface area contributed by atoms with E-state index in [4.69, 9.17) is 29.0 Å². The molecule has 6 nitrogen and oxygen atoms in total. The number of pyridine rings is 1. The number of aromatic nitrogens is 1. The lowest BCUT2D eigenvalue weighted by Gasteiger charge is -2.10. The number of benzene rings is 1. The molecule has 0 unspecified atom stereocenters. The molecule has 1 heterocycles. The highest BCUT2D eigenvalue weighted by atomic mass is 35.5. The van der Waals surface area contributed by atoms with Gasteiger partial charge in [-0.1, -0.05) is 29.3 Å². The summed E-state index contributed by atoms with van der Waals surface area (Å²) in [5.74, 6) is 4.39. The molecule has 4 N–H and O–H groups in total. The van der Waals surface area contributed by atoms with Crippen molar-refractivity contribution in [2.75, 3.05) is 10.1 Å². The fourth-order valence-corrected chi connectivity index (χ4v) is 2.95. The number of hydrogen-bond donors (Lipinski definition) is 3. The summed E-state index contributed by atoms with van der Waals surface area (Å²) >= 11 is 11.4. The van der Waals surface area contributed by atoms with Crippen LogP contribution in [0.25, 0.3) is 0 Å². The Balaban J connectivity index is 2.39. The molecular weight excluding hydrogens is 342 g/mol. The van der Waals surface area contributed by atoms with E-state index in [0.717, 1.165) is 12.3 Å². The lowest BCUT2D eigenvalue weighted by molar-refractivity contribution is 0.598. The zero-order valence-electron chi connectivity index (χ0n) is 10.3. The Morgan fingerprint density at radius 3 is 2.57 bits per heavy atom. The van der Waals surface area contributed by atoms with Crippen molar-refractivity contribution >= 4 is 44.7 Å². The van der Waals surface area contributed by atoms with E-state index in [0.29, 0.717) is 0 Å². The van der Waals surface area contributed by atoms with Crippen molar-refractivity contribution < 1.29 is 12.8 Å². The van der Waals surface area contributed by atoms with E-state index >= 15 is 0 Å². The first kappa shape index (κ1) is 15.8. The average molecular weight is 351 g/mol. The quantitative estimate of drug-likeness (QED) is 0.581. The van der Waals surface area contributed by atoms with E-state index in [2.05, 4.69) is 15.1 Å². The van der Waals surface area contributed by atoms with Crippen molar-refractivity contribution in [1.82, 2.24) is 4.98 Å². The highest BCUT2D eigenvalue weighted by Gasteiger charge is 2.19. The van der Waals surface area contributed by atoms with Crippen LogP contribution in [0, 0.1) is 5.82 Å². The third kappa shape index (κ3) is 3.35. The van der Waals surface area contributed by atoms with Gasteiger partial charge in [0.25, 0.3) is 10.0 Å². The molecule has 0 aliphatic carbocycles. The fourth-order valence-electron chi connectivity index (χ4n) is 1.46. The minimum Gasteiger partial charge on any atom is -0.307 e. The predicted molar refractivity (Wildman–Crippen MR) is 79.3 cm³/mol. The maximum Gasteiger partial charge on any atom is 0.263 e. The van der Waals surface area contributed by atoms with Gasteiger partial charge in [-0.05, 0) is 18.2 Å². The summed E-state index contributed by atoms with van der Waals surface area (Å²) in [6, 6.07) is 5.09. The van der Waals surface area contributed by atoms with Crippen molar-refractivity contribution in [3.63, 3.8) is 0 Å². The molecule has 0 radical (unpaired) electrons. The molecule has 2 rings (SSSR count). The summed E-state index contributed by atoms with van der Waals surface area (Å²) in [6.45, 7) is 0. The Morgan fingerprint density at radius 2 is 1.95 bits per heavy atom. The molecule has 0 aliphatic heterocycles. The van der Waals surface area contributed by atoms with Crippen LogP contribution in [0.4, 0.5) is 15.9 Å². The van der Waals surface area contributed by atoms with Gasteiger partial charge in [0, 0.05) is 6.20 Å². The molecule has 0 spiro atoms. The van der Waals surface area contributed by atoms with Gasteiger partial charge < -0.3 is 5.43 Å². The van der Waals surface area contributed by atoms with Crippen LogP contribution < -0.4 is 16.0 Å². The number of rotatable bonds is 4. The van der Waals surface area contributed by atoms with Gasteiger partial charge in [0.2, 0.25) is 0 Å². The van der Waals surface area contributed by atoms with Crippen molar-refractivity contribution in [2.24, 2.45) is 5.84 Å². The standard InChI is InChI=1S/C11H9Cl2FN4O2S/c12-7-2-1-3-9(10(7)14)18-21(19,20)6-4-8(13)11(17-15)16-5-6/h1-5,18H,15H2,(H,16,17). The summed E-state index contributed by atoms with van der Waals surface area (Å²) in [5, 5.41) is -0.194. The van der Waals surface area contributed by atoms with E-state index in [1.807, 2.05) is 0 Å². The molecule has 0 atom stereocenters. The van der Waals surface area contributed by atoms with Gasteiger partial charge in [-0.3, -0.25) is 4.72 Å². The lowest BCUT2D eigenvalue weighted by atomic mass is 10.3. The predicted octanol–water partition coefficient (Wildman–Crippen LogP) is 2.61. The summed E-state index contributed by atoms with van der Waals surface area (Å²) in [6.07, 6.45) is 1.03. The number of nitrogens with zero attached hydrogens (tertiary/aromatic N) is 1. The first-order valence-corrected chi connectivity index (χ1v) is 7.68. The van der Waals surface area contributed by atoms with Crippen molar-refractivity contribution in [3.8, 4) is 0 Å². The van der Waals surface area contributed by atoms with Crippen LogP contribution >= 0.6 is 23.2 Å². The van der Waals surface area contributed by atoms with E-state index in [1.165, 1.54) is 18.2 Å². The number of nitrogens with two attached hydrogens (primary N) is 1. The molecule has 0 fully saturated rings. The minimum absolute atomic E-state index is 0.00643. The van der Waals surface area contributed by atoms with Crippen LogP contribution in [0.15, 0.2) is 35.4 Å². The minimum atomic E-state index is -4.06. The molecular formula is C11H9Cl2FN4O2S.